The lowest BCUT2D eigenvalue weighted by atomic mass is 9.97. The zero-order valence-corrected chi connectivity index (χ0v) is 18.7. The number of hydrogen-bond donors (Lipinski definition) is 0. The minimum atomic E-state index is -4.42. The number of amides is 1. The predicted molar refractivity (Wildman–Crippen MR) is 110 cm³/mol. The summed E-state index contributed by atoms with van der Waals surface area (Å²) in [6.07, 6.45) is -1.40. The van der Waals surface area contributed by atoms with E-state index in [0.29, 0.717) is 40.9 Å². The molecule has 10 heteroatoms. The lowest BCUT2D eigenvalue weighted by Gasteiger charge is -2.33. The Morgan fingerprint density at radius 2 is 1.90 bits per heavy atom. The van der Waals surface area contributed by atoms with Crippen molar-refractivity contribution in [3.8, 4) is 5.75 Å². The van der Waals surface area contributed by atoms with Gasteiger partial charge in [-0.1, -0.05) is 0 Å². The fourth-order valence-electron chi connectivity index (χ4n) is 3.37. The van der Waals surface area contributed by atoms with Crippen molar-refractivity contribution < 1.29 is 27.4 Å². The van der Waals surface area contributed by atoms with Crippen molar-refractivity contribution in [3.63, 3.8) is 0 Å². The summed E-state index contributed by atoms with van der Waals surface area (Å²) >= 11 is 3.26. The van der Waals surface area contributed by atoms with E-state index in [1.54, 1.807) is 27.9 Å². The second kappa shape index (κ2) is 8.64. The number of alkyl halides is 3. The summed E-state index contributed by atoms with van der Waals surface area (Å²) < 4.78 is 50.3. The Morgan fingerprint density at radius 3 is 2.50 bits per heavy atom. The topological polar surface area (TPSA) is 56.6 Å². The van der Waals surface area contributed by atoms with E-state index in [-0.39, 0.29) is 11.8 Å². The molecule has 1 aromatic heterocycles. The minimum absolute atomic E-state index is 0.135. The third kappa shape index (κ3) is 6.02. The fraction of sp³-hybridized carbons (Fsp3) is 0.600. The van der Waals surface area contributed by atoms with Crippen LogP contribution in [0.5, 0.6) is 5.75 Å². The van der Waals surface area contributed by atoms with Crippen LogP contribution in [0.2, 0.25) is 0 Å². The zero-order valence-electron chi connectivity index (χ0n) is 17.1. The van der Waals surface area contributed by atoms with E-state index in [9.17, 15) is 18.0 Å². The molecule has 1 aliphatic rings. The predicted octanol–water partition coefficient (Wildman–Crippen LogP) is 5.39. The van der Waals surface area contributed by atoms with Gasteiger partial charge in [0.1, 0.15) is 11.4 Å². The van der Waals surface area contributed by atoms with Crippen LogP contribution in [0, 0.1) is 5.92 Å². The monoisotopic (exact) mass is 491 g/mol. The molecule has 3 rings (SSSR count). The molecule has 2 aromatic rings. The van der Waals surface area contributed by atoms with Crippen molar-refractivity contribution in [3.05, 3.63) is 22.8 Å². The number of aromatic nitrogens is 2. The maximum atomic E-state index is 12.6. The van der Waals surface area contributed by atoms with Crippen molar-refractivity contribution in [2.75, 3.05) is 19.7 Å². The molecular weight excluding hydrogens is 467 g/mol. The van der Waals surface area contributed by atoms with Gasteiger partial charge in [-0.2, -0.15) is 18.3 Å². The molecule has 1 saturated heterocycles. The van der Waals surface area contributed by atoms with Crippen molar-refractivity contribution >= 4 is 32.9 Å². The number of likely N-dealkylation sites (tertiary alicyclic amines) is 1. The molecule has 0 saturated carbocycles. The molecule has 1 amide bonds. The van der Waals surface area contributed by atoms with E-state index in [4.69, 9.17) is 9.47 Å². The van der Waals surface area contributed by atoms with Crippen LogP contribution in [0.4, 0.5) is 18.0 Å². The van der Waals surface area contributed by atoms with Gasteiger partial charge >= 0.3 is 12.3 Å². The standard InChI is InChI=1S/C20H25BrF3N3O3/c1-19(2,3)30-18(28)26-8-6-13(7-9-26)10-27-11-14-16(25-27)5-4-15(21)17(14)29-12-20(22,23)24/h4-5,11,13H,6-10,12H2,1-3H3. The first-order valence-electron chi connectivity index (χ1n) is 9.74. The molecule has 1 aromatic carbocycles. The van der Waals surface area contributed by atoms with E-state index in [0.717, 1.165) is 12.8 Å². The molecule has 0 spiro atoms. The van der Waals surface area contributed by atoms with Crippen LogP contribution in [0.15, 0.2) is 22.8 Å². The molecule has 0 atom stereocenters. The number of carbonyl (C=O) groups is 1. The Hall–Kier alpha value is -1.97. The van der Waals surface area contributed by atoms with Crippen LogP contribution < -0.4 is 4.74 Å². The van der Waals surface area contributed by atoms with Crippen molar-refractivity contribution in [1.82, 2.24) is 14.7 Å². The lowest BCUT2D eigenvalue weighted by molar-refractivity contribution is -0.153. The average molecular weight is 492 g/mol. The lowest BCUT2D eigenvalue weighted by Crippen LogP contribution is -2.42. The van der Waals surface area contributed by atoms with Crippen molar-refractivity contribution in [1.29, 1.82) is 0 Å². The molecule has 0 N–H and O–H groups in total. The highest BCUT2D eigenvalue weighted by molar-refractivity contribution is 9.10. The van der Waals surface area contributed by atoms with Crippen molar-refractivity contribution in [2.45, 2.75) is 51.9 Å². The summed E-state index contributed by atoms with van der Waals surface area (Å²) in [4.78, 5) is 13.9. The molecule has 0 unspecified atom stereocenters. The quantitative estimate of drug-likeness (QED) is 0.575. The van der Waals surface area contributed by atoms with E-state index < -0.39 is 18.4 Å². The Kier molecular flexibility index (Phi) is 6.54. The molecule has 0 radical (unpaired) electrons. The maximum absolute atomic E-state index is 12.6. The van der Waals surface area contributed by atoms with E-state index in [1.165, 1.54) is 0 Å². The van der Waals surface area contributed by atoms with Gasteiger partial charge in [0.15, 0.2) is 6.61 Å². The average Bonchev–Trinajstić information content (AvgIpc) is 3.01. The number of fused-ring (bicyclic) bond motifs is 1. The van der Waals surface area contributed by atoms with Crippen molar-refractivity contribution in [2.24, 2.45) is 5.92 Å². The normalized spacial score (nSPS) is 16.2. The summed E-state index contributed by atoms with van der Waals surface area (Å²) in [6, 6.07) is 3.37. The number of piperidine rings is 1. The van der Waals surface area contributed by atoms with Gasteiger partial charge in [-0.25, -0.2) is 4.79 Å². The Balaban J connectivity index is 1.64. The van der Waals surface area contributed by atoms with Gasteiger partial charge in [-0.3, -0.25) is 4.68 Å². The van der Waals surface area contributed by atoms with Gasteiger partial charge in [-0.15, -0.1) is 0 Å². The van der Waals surface area contributed by atoms with Gasteiger partial charge in [0, 0.05) is 25.8 Å². The SMILES string of the molecule is CC(C)(C)OC(=O)N1CCC(Cn2cc3c(OCC(F)(F)F)c(Br)ccc3n2)CC1. The zero-order chi connectivity index (χ0) is 22.1. The summed E-state index contributed by atoms with van der Waals surface area (Å²) in [5.74, 6) is 0.441. The van der Waals surface area contributed by atoms with Gasteiger partial charge in [0.2, 0.25) is 0 Å². The van der Waals surface area contributed by atoms with Crippen LogP contribution >= 0.6 is 15.9 Å². The van der Waals surface area contributed by atoms with Gasteiger partial charge in [0.05, 0.1) is 15.4 Å². The van der Waals surface area contributed by atoms with Gasteiger partial charge in [0.25, 0.3) is 0 Å². The third-order valence-electron chi connectivity index (χ3n) is 4.73. The molecule has 1 fully saturated rings. The van der Waals surface area contributed by atoms with E-state index in [1.807, 2.05) is 20.8 Å². The van der Waals surface area contributed by atoms with E-state index >= 15 is 0 Å². The highest BCUT2D eigenvalue weighted by Crippen LogP contribution is 2.35. The molecule has 0 aliphatic carbocycles. The summed E-state index contributed by atoms with van der Waals surface area (Å²) in [6.45, 7) is 5.98. The second-order valence-electron chi connectivity index (χ2n) is 8.48. The number of nitrogens with zero attached hydrogens (tertiary/aromatic N) is 3. The third-order valence-corrected chi connectivity index (χ3v) is 5.36. The van der Waals surface area contributed by atoms with Crippen LogP contribution in [0.25, 0.3) is 10.9 Å². The Labute approximate surface area is 181 Å². The first-order valence-corrected chi connectivity index (χ1v) is 10.5. The van der Waals surface area contributed by atoms with Crippen LogP contribution in [-0.2, 0) is 11.3 Å². The molecule has 0 bridgehead atoms. The Morgan fingerprint density at radius 1 is 1.23 bits per heavy atom. The summed E-state index contributed by atoms with van der Waals surface area (Å²) in [7, 11) is 0. The summed E-state index contributed by atoms with van der Waals surface area (Å²) in [5.41, 5.74) is 0.0464. The van der Waals surface area contributed by atoms with Gasteiger partial charge < -0.3 is 14.4 Å². The number of benzene rings is 1. The largest absolute Gasteiger partial charge is 0.482 e. The second-order valence-corrected chi connectivity index (χ2v) is 9.33. The number of ether oxygens (including phenoxy) is 2. The van der Waals surface area contributed by atoms with Gasteiger partial charge in [-0.05, 0) is 67.6 Å². The number of rotatable bonds is 4. The number of carbonyl (C=O) groups excluding carboxylic acids is 1. The maximum Gasteiger partial charge on any atom is 0.422 e. The highest BCUT2D eigenvalue weighted by Gasteiger charge is 2.30. The van der Waals surface area contributed by atoms with Crippen LogP contribution in [0.3, 0.4) is 0 Å². The molecule has 6 nitrogen and oxygen atoms in total. The van der Waals surface area contributed by atoms with Crippen LogP contribution in [0.1, 0.15) is 33.6 Å². The first-order chi connectivity index (χ1) is 13.9. The molecule has 30 heavy (non-hydrogen) atoms. The summed E-state index contributed by atoms with van der Waals surface area (Å²) in [5, 5.41) is 5.01. The number of hydrogen-bond acceptors (Lipinski definition) is 4. The minimum Gasteiger partial charge on any atom is -0.482 e. The smallest absolute Gasteiger partial charge is 0.422 e. The fourth-order valence-corrected chi connectivity index (χ4v) is 3.83. The highest BCUT2D eigenvalue weighted by atomic mass is 79.9. The molecule has 166 valence electrons. The molecule has 2 heterocycles. The van der Waals surface area contributed by atoms with E-state index in [2.05, 4.69) is 21.0 Å². The number of halogens is 4. The Bertz CT molecular complexity index is 900. The molecule has 1 aliphatic heterocycles. The van der Waals surface area contributed by atoms with Crippen LogP contribution in [-0.4, -0.2) is 52.2 Å². The molecular formula is C20H25BrF3N3O3. The first kappa shape index (κ1) is 22.7.